The molecule has 168 valence electrons. The summed E-state index contributed by atoms with van der Waals surface area (Å²) in [5.74, 6) is 0. The highest BCUT2D eigenvalue weighted by Gasteiger charge is 2.25. The highest BCUT2D eigenvalue weighted by molar-refractivity contribution is 9.10. The van der Waals surface area contributed by atoms with E-state index in [0.717, 1.165) is 54.2 Å². The number of para-hydroxylation sites is 2. The molecule has 4 nitrogen and oxygen atoms in total. The fraction of sp³-hybridized carbons (Fsp3) is 0.0714. The zero-order chi connectivity index (χ0) is 23.5. The maximum absolute atomic E-state index is 5.02. The van der Waals surface area contributed by atoms with Crippen LogP contribution in [0, 0.1) is 0 Å². The van der Waals surface area contributed by atoms with E-state index in [4.69, 9.17) is 9.98 Å². The summed E-state index contributed by atoms with van der Waals surface area (Å²) in [5.41, 5.74) is 8.06. The van der Waals surface area contributed by atoms with Crippen LogP contribution in [0.5, 0.6) is 0 Å². The molecule has 0 aromatic heterocycles. The van der Waals surface area contributed by atoms with Gasteiger partial charge >= 0.3 is 0 Å². The summed E-state index contributed by atoms with van der Waals surface area (Å²) in [4.78, 5) is 12.0. The lowest BCUT2D eigenvalue weighted by atomic mass is 9.95. The van der Waals surface area contributed by atoms with Gasteiger partial charge in [0.15, 0.2) is 0 Å². The molecular formula is C28H22Br2N4. The van der Waals surface area contributed by atoms with E-state index < -0.39 is 0 Å². The van der Waals surface area contributed by atoms with Crippen molar-refractivity contribution in [2.75, 3.05) is 23.9 Å². The fourth-order valence-electron chi connectivity index (χ4n) is 4.10. The predicted octanol–water partition coefficient (Wildman–Crippen LogP) is 7.97. The van der Waals surface area contributed by atoms with Crippen LogP contribution in [0.25, 0.3) is 0 Å². The van der Waals surface area contributed by atoms with E-state index in [1.54, 1.807) is 0 Å². The van der Waals surface area contributed by atoms with Crippen LogP contribution in [0.15, 0.2) is 116 Å². The molecule has 4 aromatic carbocycles. The number of nitrogens with zero attached hydrogens (tertiary/aromatic N) is 3. The van der Waals surface area contributed by atoms with Gasteiger partial charge in [-0.25, -0.2) is 0 Å². The number of anilines is 4. The van der Waals surface area contributed by atoms with Crippen LogP contribution in [0.3, 0.4) is 0 Å². The Balaban J connectivity index is 1.54. The van der Waals surface area contributed by atoms with Crippen LogP contribution in [0.1, 0.15) is 11.1 Å². The first-order chi connectivity index (χ1) is 16.6. The Bertz CT molecular complexity index is 1380. The third kappa shape index (κ3) is 4.56. The van der Waals surface area contributed by atoms with Gasteiger partial charge in [0.05, 0.1) is 17.1 Å². The van der Waals surface area contributed by atoms with Crippen LogP contribution >= 0.6 is 31.9 Å². The minimum atomic E-state index is 0.523. The van der Waals surface area contributed by atoms with Crippen molar-refractivity contribution in [1.29, 1.82) is 0 Å². The lowest BCUT2D eigenvalue weighted by Crippen LogP contribution is -2.30. The number of hydrogen-bond acceptors (Lipinski definition) is 4. The normalized spacial score (nSPS) is 13.3. The average Bonchev–Trinajstić information content (AvgIpc) is 2.87. The molecule has 0 amide bonds. The van der Waals surface area contributed by atoms with Crippen molar-refractivity contribution in [1.82, 2.24) is 0 Å². The van der Waals surface area contributed by atoms with Gasteiger partial charge in [-0.2, -0.15) is 0 Å². The first kappa shape index (κ1) is 22.6. The molecule has 0 atom stereocenters. The van der Waals surface area contributed by atoms with Crippen LogP contribution in [0.2, 0.25) is 0 Å². The lowest BCUT2D eigenvalue weighted by molar-refractivity contribution is 0.966. The van der Waals surface area contributed by atoms with Gasteiger partial charge in [-0.05, 0) is 60.7 Å². The molecule has 34 heavy (non-hydrogen) atoms. The molecule has 0 bridgehead atoms. The van der Waals surface area contributed by atoms with E-state index in [2.05, 4.69) is 103 Å². The van der Waals surface area contributed by atoms with Gasteiger partial charge in [0.2, 0.25) is 0 Å². The molecule has 0 spiro atoms. The molecule has 0 saturated heterocycles. The number of hydrogen-bond donors (Lipinski definition) is 1. The van der Waals surface area contributed by atoms with Crippen molar-refractivity contribution in [2.45, 2.75) is 0 Å². The van der Waals surface area contributed by atoms with Crippen LogP contribution < -0.4 is 10.2 Å². The van der Waals surface area contributed by atoms with E-state index in [9.17, 15) is 0 Å². The van der Waals surface area contributed by atoms with Crippen molar-refractivity contribution in [3.8, 4) is 0 Å². The topological polar surface area (TPSA) is 40.0 Å². The zero-order valence-corrected chi connectivity index (χ0v) is 21.7. The minimum Gasteiger partial charge on any atom is -0.355 e. The Morgan fingerprint density at radius 3 is 2.21 bits per heavy atom. The quantitative estimate of drug-likeness (QED) is 0.246. The number of halogens is 2. The van der Waals surface area contributed by atoms with Crippen LogP contribution in [0.4, 0.5) is 22.7 Å². The van der Waals surface area contributed by atoms with E-state index in [1.807, 2.05) is 43.4 Å². The van der Waals surface area contributed by atoms with Gasteiger partial charge in [-0.1, -0.05) is 68.3 Å². The van der Waals surface area contributed by atoms with Crippen molar-refractivity contribution >= 4 is 66.0 Å². The maximum Gasteiger partial charge on any atom is 0.115 e. The van der Waals surface area contributed by atoms with Gasteiger partial charge in [0.25, 0.3) is 0 Å². The second-order valence-electron chi connectivity index (χ2n) is 7.82. The summed E-state index contributed by atoms with van der Waals surface area (Å²) < 4.78 is 2.10. The molecule has 1 N–H and O–H groups in total. The van der Waals surface area contributed by atoms with Crippen molar-refractivity contribution < 1.29 is 0 Å². The summed E-state index contributed by atoms with van der Waals surface area (Å²) in [5, 5.41) is 3.55. The number of aliphatic imine (C=N–C) groups is 2. The Labute approximate surface area is 216 Å². The largest absolute Gasteiger partial charge is 0.355 e. The van der Waals surface area contributed by atoms with Crippen LogP contribution in [-0.2, 0) is 0 Å². The number of fused-ring (bicyclic) bond motifs is 1. The molecule has 0 saturated carbocycles. The summed E-state index contributed by atoms with van der Waals surface area (Å²) >= 11 is 7.03. The monoisotopic (exact) mass is 572 g/mol. The Hall–Kier alpha value is -3.22. The molecule has 0 aliphatic carbocycles. The standard InChI is InChI=1S/C28H22Br2N4/c1-31-27(23-6-2-4-8-25(23)33-21-14-10-19(29)11-15-21)28-24-7-3-5-9-26(24)34(18-32-28)22-16-12-20(30)13-17-22/h2-17,33H,18H2,1H3. The Kier molecular flexibility index (Phi) is 6.61. The summed E-state index contributed by atoms with van der Waals surface area (Å²) in [6, 6.07) is 33.1. The molecule has 4 aromatic rings. The molecule has 1 aliphatic rings. The van der Waals surface area contributed by atoms with Gasteiger partial charge < -0.3 is 10.2 Å². The lowest BCUT2D eigenvalue weighted by Gasteiger charge is -2.30. The first-order valence-electron chi connectivity index (χ1n) is 10.9. The smallest absolute Gasteiger partial charge is 0.115 e. The molecule has 0 radical (unpaired) electrons. The van der Waals surface area contributed by atoms with Crippen molar-refractivity contribution in [2.24, 2.45) is 9.98 Å². The van der Waals surface area contributed by atoms with Crippen molar-refractivity contribution in [3.63, 3.8) is 0 Å². The molecule has 6 heteroatoms. The molecule has 5 rings (SSSR count). The maximum atomic E-state index is 5.02. The highest BCUT2D eigenvalue weighted by atomic mass is 79.9. The summed E-state index contributed by atoms with van der Waals surface area (Å²) in [6.45, 7) is 0.523. The van der Waals surface area contributed by atoms with E-state index in [-0.39, 0.29) is 0 Å². The van der Waals surface area contributed by atoms with Gasteiger partial charge in [-0.3, -0.25) is 9.98 Å². The highest BCUT2D eigenvalue weighted by Crippen LogP contribution is 2.34. The molecule has 1 heterocycles. The van der Waals surface area contributed by atoms with Gasteiger partial charge in [-0.15, -0.1) is 0 Å². The SMILES string of the molecule is CN=C(C1=NCN(c2ccc(Br)cc2)c2ccccc21)c1ccccc1Nc1ccc(Br)cc1. The summed E-state index contributed by atoms with van der Waals surface area (Å²) in [7, 11) is 1.83. The first-order valence-corrected chi connectivity index (χ1v) is 12.5. The Morgan fingerprint density at radius 1 is 0.824 bits per heavy atom. The average molecular weight is 574 g/mol. The molecule has 1 aliphatic heterocycles. The third-order valence-corrected chi connectivity index (χ3v) is 6.77. The van der Waals surface area contributed by atoms with Gasteiger partial charge in [0, 0.05) is 44.2 Å². The molecule has 0 unspecified atom stereocenters. The fourth-order valence-corrected chi connectivity index (χ4v) is 4.63. The number of benzene rings is 4. The Morgan fingerprint density at radius 2 is 1.47 bits per heavy atom. The molecular weight excluding hydrogens is 552 g/mol. The van der Waals surface area contributed by atoms with E-state index >= 15 is 0 Å². The third-order valence-electron chi connectivity index (χ3n) is 5.71. The van der Waals surface area contributed by atoms with Crippen LogP contribution in [-0.4, -0.2) is 25.1 Å². The minimum absolute atomic E-state index is 0.523. The van der Waals surface area contributed by atoms with Crippen molar-refractivity contribution in [3.05, 3.63) is 117 Å². The van der Waals surface area contributed by atoms with E-state index in [1.165, 1.54) is 0 Å². The molecule has 0 fully saturated rings. The number of rotatable bonds is 5. The van der Waals surface area contributed by atoms with E-state index in [0.29, 0.717) is 6.67 Å². The second kappa shape index (κ2) is 9.95. The predicted molar refractivity (Wildman–Crippen MR) is 150 cm³/mol. The zero-order valence-electron chi connectivity index (χ0n) is 18.5. The second-order valence-corrected chi connectivity index (χ2v) is 9.65. The summed E-state index contributed by atoms with van der Waals surface area (Å²) in [6.07, 6.45) is 0. The van der Waals surface area contributed by atoms with Gasteiger partial charge in [0.1, 0.15) is 6.67 Å². The number of nitrogens with one attached hydrogen (secondary N) is 1.